The number of ether oxygens (including phenoxy) is 1. The quantitative estimate of drug-likeness (QED) is 0.723. The second kappa shape index (κ2) is 9.18. The van der Waals surface area contributed by atoms with Gasteiger partial charge in [0.1, 0.15) is 11.8 Å². The average molecular weight is 397 g/mol. The van der Waals surface area contributed by atoms with Crippen LogP contribution < -0.4 is 5.32 Å². The van der Waals surface area contributed by atoms with Gasteiger partial charge < -0.3 is 14.5 Å². The van der Waals surface area contributed by atoms with E-state index >= 15 is 0 Å². The monoisotopic (exact) mass is 397 g/mol. The summed E-state index contributed by atoms with van der Waals surface area (Å²) in [4.78, 5) is 35.3. The van der Waals surface area contributed by atoms with Crippen LogP contribution in [0.4, 0.5) is 0 Å². The van der Waals surface area contributed by atoms with E-state index in [2.05, 4.69) is 10.4 Å². The summed E-state index contributed by atoms with van der Waals surface area (Å²) in [6, 6.07) is 11.0. The number of esters is 1. The van der Waals surface area contributed by atoms with Crippen molar-refractivity contribution in [3.63, 3.8) is 0 Å². The molecule has 3 rings (SSSR count). The molecular formula is C21H23N3O5. The Morgan fingerprint density at radius 3 is 2.66 bits per heavy atom. The van der Waals surface area contributed by atoms with Crippen molar-refractivity contribution in [1.29, 1.82) is 0 Å². The Kier molecular flexibility index (Phi) is 6.43. The molecule has 1 aromatic carbocycles. The van der Waals surface area contributed by atoms with Crippen molar-refractivity contribution in [2.45, 2.75) is 32.7 Å². The standard InChI is InChI=1S/C21H23N3O5/c1-14-5-7-16(8-6-14)17-12-18(19-4-3-11-28-19)24(23-17)20(26)13-29-21(27)9-10-22-15(2)25/h3-8,11,18H,9-10,12-13H2,1-2H3,(H,22,25)/t18-/m1/s1. The lowest BCUT2D eigenvalue weighted by Crippen LogP contribution is -2.31. The van der Waals surface area contributed by atoms with Crippen LogP contribution in [0.2, 0.25) is 0 Å². The lowest BCUT2D eigenvalue weighted by atomic mass is 10.0. The van der Waals surface area contributed by atoms with Crippen molar-refractivity contribution in [3.8, 4) is 0 Å². The molecule has 8 nitrogen and oxygen atoms in total. The number of benzene rings is 1. The molecule has 0 bridgehead atoms. The fourth-order valence-corrected chi connectivity index (χ4v) is 2.98. The van der Waals surface area contributed by atoms with Gasteiger partial charge in [-0.15, -0.1) is 0 Å². The van der Waals surface area contributed by atoms with Gasteiger partial charge >= 0.3 is 5.97 Å². The molecule has 2 heterocycles. The number of hydrogen-bond acceptors (Lipinski definition) is 6. The van der Waals surface area contributed by atoms with Gasteiger partial charge in [0.2, 0.25) is 5.91 Å². The summed E-state index contributed by atoms with van der Waals surface area (Å²) >= 11 is 0. The number of aryl methyl sites for hydroxylation is 1. The molecule has 1 aromatic heterocycles. The van der Waals surface area contributed by atoms with E-state index in [0.717, 1.165) is 16.8 Å². The summed E-state index contributed by atoms with van der Waals surface area (Å²) in [5.41, 5.74) is 2.82. The molecular weight excluding hydrogens is 374 g/mol. The zero-order chi connectivity index (χ0) is 20.8. The summed E-state index contributed by atoms with van der Waals surface area (Å²) in [5.74, 6) is -0.628. The third kappa shape index (κ3) is 5.31. The highest BCUT2D eigenvalue weighted by molar-refractivity contribution is 6.03. The second-order valence-electron chi connectivity index (χ2n) is 6.78. The van der Waals surface area contributed by atoms with Gasteiger partial charge in [-0.1, -0.05) is 29.8 Å². The third-order valence-corrected chi connectivity index (χ3v) is 4.48. The molecule has 0 unspecified atom stereocenters. The largest absolute Gasteiger partial charge is 0.467 e. The van der Waals surface area contributed by atoms with E-state index in [1.165, 1.54) is 11.9 Å². The highest BCUT2D eigenvalue weighted by Crippen LogP contribution is 2.33. The molecule has 29 heavy (non-hydrogen) atoms. The number of carbonyl (C=O) groups excluding carboxylic acids is 3. The summed E-state index contributed by atoms with van der Waals surface area (Å²) < 4.78 is 10.5. The number of carbonyl (C=O) groups is 3. The highest BCUT2D eigenvalue weighted by atomic mass is 16.5. The summed E-state index contributed by atoms with van der Waals surface area (Å²) in [6.45, 7) is 3.10. The van der Waals surface area contributed by atoms with Gasteiger partial charge in [0.25, 0.3) is 5.91 Å². The van der Waals surface area contributed by atoms with Crippen LogP contribution >= 0.6 is 0 Å². The molecule has 0 spiro atoms. The maximum atomic E-state index is 12.7. The van der Waals surface area contributed by atoms with Crippen LogP contribution in [-0.4, -0.2) is 41.7 Å². The zero-order valence-electron chi connectivity index (χ0n) is 16.4. The molecule has 152 valence electrons. The molecule has 0 saturated heterocycles. The molecule has 1 N–H and O–H groups in total. The second-order valence-corrected chi connectivity index (χ2v) is 6.78. The van der Waals surface area contributed by atoms with E-state index in [1.54, 1.807) is 18.4 Å². The van der Waals surface area contributed by atoms with E-state index in [4.69, 9.17) is 9.15 Å². The highest BCUT2D eigenvalue weighted by Gasteiger charge is 2.35. The van der Waals surface area contributed by atoms with Crippen LogP contribution in [0.5, 0.6) is 0 Å². The van der Waals surface area contributed by atoms with Gasteiger partial charge in [-0.25, -0.2) is 5.01 Å². The first kappa shape index (κ1) is 20.3. The number of nitrogens with one attached hydrogen (secondary N) is 1. The van der Waals surface area contributed by atoms with Crippen LogP contribution in [-0.2, 0) is 19.1 Å². The molecule has 1 atom stereocenters. The Hall–Kier alpha value is -3.42. The Morgan fingerprint density at radius 2 is 2.00 bits per heavy atom. The van der Waals surface area contributed by atoms with Gasteiger partial charge in [0.05, 0.1) is 18.4 Å². The number of hydrogen-bond donors (Lipinski definition) is 1. The first-order valence-electron chi connectivity index (χ1n) is 9.34. The van der Waals surface area contributed by atoms with Crippen LogP contribution in [0.1, 0.15) is 42.7 Å². The minimum atomic E-state index is -0.566. The predicted molar refractivity (Wildman–Crippen MR) is 105 cm³/mol. The third-order valence-electron chi connectivity index (χ3n) is 4.48. The smallest absolute Gasteiger partial charge is 0.308 e. The van der Waals surface area contributed by atoms with E-state index in [1.807, 2.05) is 31.2 Å². The number of furan rings is 1. The Morgan fingerprint density at radius 1 is 1.24 bits per heavy atom. The number of nitrogens with zero attached hydrogens (tertiary/aromatic N) is 2. The molecule has 0 fully saturated rings. The summed E-state index contributed by atoms with van der Waals surface area (Å²) in [5, 5.41) is 8.30. The van der Waals surface area contributed by atoms with Gasteiger partial charge in [-0.2, -0.15) is 5.10 Å². The van der Waals surface area contributed by atoms with Crippen molar-refractivity contribution in [1.82, 2.24) is 10.3 Å². The minimum Gasteiger partial charge on any atom is -0.467 e. The number of amides is 2. The zero-order valence-corrected chi connectivity index (χ0v) is 16.4. The summed E-state index contributed by atoms with van der Waals surface area (Å²) in [6.07, 6.45) is 2.04. The van der Waals surface area contributed by atoms with Crippen LogP contribution in [0, 0.1) is 6.92 Å². The number of hydrazone groups is 1. The van der Waals surface area contributed by atoms with Crippen molar-refractivity contribution < 1.29 is 23.5 Å². The first-order valence-corrected chi connectivity index (χ1v) is 9.34. The van der Waals surface area contributed by atoms with Crippen molar-refractivity contribution in [3.05, 3.63) is 59.5 Å². The van der Waals surface area contributed by atoms with Gasteiger partial charge in [0, 0.05) is 19.9 Å². The molecule has 0 radical (unpaired) electrons. The van der Waals surface area contributed by atoms with E-state index < -0.39 is 24.5 Å². The lowest BCUT2D eigenvalue weighted by Gasteiger charge is -2.19. The Labute approximate surface area is 168 Å². The van der Waals surface area contributed by atoms with E-state index in [0.29, 0.717) is 12.2 Å². The molecule has 2 amide bonds. The predicted octanol–water partition coefficient (Wildman–Crippen LogP) is 2.34. The van der Waals surface area contributed by atoms with Crippen molar-refractivity contribution in [2.75, 3.05) is 13.2 Å². The summed E-state index contributed by atoms with van der Waals surface area (Å²) in [7, 11) is 0. The maximum Gasteiger partial charge on any atom is 0.308 e. The number of rotatable bonds is 7. The van der Waals surface area contributed by atoms with Gasteiger partial charge in [-0.05, 0) is 24.6 Å². The molecule has 2 aromatic rings. The fourth-order valence-electron chi connectivity index (χ4n) is 2.98. The maximum absolute atomic E-state index is 12.7. The molecule has 1 aliphatic rings. The molecule has 0 saturated carbocycles. The normalized spacial score (nSPS) is 15.7. The van der Waals surface area contributed by atoms with Crippen LogP contribution in [0.15, 0.2) is 52.2 Å². The van der Waals surface area contributed by atoms with Crippen molar-refractivity contribution >= 4 is 23.5 Å². The molecule has 0 aliphatic carbocycles. The van der Waals surface area contributed by atoms with E-state index in [-0.39, 0.29) is 18.9 Å². The van der Waals surface area contributed by atoms with Crippen LogP contribution in [0.25, 0.3) is 0 Å². The lowest BCUT2D eigenvalue weighted by molar-refractivity contribution is -0.152. The minimum absolute atomic E-state index is 0.00758. The molecule has 8 heteroatoms. The topological polar surface area (TPSA) is 101 Å². The van der Waals surface area contributed by atoms with Crippen LogP contribution in [0.3, 0.4) is 0 Å². The van der Waals surface area contributed by atoms with Gasteiger partial charge in [-0.3, -0.25) is 14.4 Å². The SMILES string of the molecule is CC(=O)NCCC(=O)OCC(=O)N1N=C(c2ccc(C)cc2)C[C@@H]1c1ccco1. The average Bonchev–Trinajstić information content (AvgIpc) is 3.36. The Bertz CT molecular complexity index is 903. The Balaban J connectivity index is 1.67. The first-order chi connectivity index (χ1) is 13.9. The van der Waals surface area contributed by atoms with E-state index in [9.17, 15) is 14.4 Å². The fraction of sp³-hybridized carbons (Fsp3) is 0.333. The van der Waals surface area contributed by atoms with Crippen molar-refractivity contribution in [2.24, 2.45) is 5.10 Å². The van der Waals surface area contributed by atoms with Gasteiger partial charge in [0.15, 0.2) is 6.61 Å². The molecule has 1 aliphatic heterocycles.